The first kappa shape index (κ1) is 8.30. The molecule has 0 bridgehead atoms. The second-order valence-electron chi connectivity index (χ2n) is 2.56. The molecular formula is C8H13NO2. The molecule has 0 aliphatic heterocycles. The third kappa shape index (κ3) is 1.82. The van der Waals surface area contributed by atoms with E-state index < -0.39 is 6.10 Å². The van der Waals surface area contributed by atoms with Gasteiger partial charge in [-0.1, -0.05) is 0 Å². The van der Waals surface area contributed by atoms with Gasteiger partial charge < -0.3 is 15.3 Å². The summed E-state index contributed by atoms with van der Waals surface area (Å²) in [5.41, 5.74) is 6.26. The van der Waals surface area contributed by atoms with Crippen LogP contribution in [0.25, 0.3) is 0 Å². The van der Waals surface area contributed by atoms with Crippen molar-refractivity contribution in [3.8, 4) is 0 Å². The Morgan fingerprint density at radius 1 is 1.73 bits per heavy atom. The first-order valence-corrected chi connectivity index (χ1v) is 3.68. The molecule has 0 saturated carbocycles. The minimum absolute atomic E-state index is 0.474. The van der Waals surface area contributed by atoms with Gasteiger partial charge in [0.05, 0.1) is 6.26 Å². The monoisotopic (exact) mass is 155 g/mol. The summed E-state index contributed by atoms with van der Waals surface area (Å²) >= 11 is 0. The third-order valence-corrected chi connectivity index (χ3v) is 1.64. The minimum Gasteiger partial charge on any atom is -0.466 e. The molecule has 11 heavy (non-hydrogen) atoms. The first-order chi connectivity index (χ1) is 5.25. The van der Waals surface area contributed by atoms with Crippen LogP contribution in [0.2, 0.25) is 0 Å². The van der Waals surface area contributed by atoms with Crippen molar-refractivity contribution in [2.45, 2.75) is 19.4 Å². The van der Waals surface area contributed by atoms with Gasteiger partial charge in [0.1, 0.15) is 11.9 Å². The fourth-order valence-electron chi connectivity index (χ4n) is 1.01. The second-order valence-corrected chi connectivity index (χ2v) is 2.56. The van der Waals surface area contributed by atoms with E-state index in [1.165, 1.54) is 0 Å². The summed E-state index contributed by atoms with van der Waals surface area (Å²) in [6, 6.07) is 1.83. The lowest BCUT2D eigenvalue weighted by Crippen LogP contribution is -2.06. The maximum absolute atomic E-state index is 9.42. The van der Waals surface area contributed by atoms with Crippen LogP contribution in [-0.2, 0) is 0 Å². The Morgan fingerprint density at radius 2 is 2.45 bits per heavy atom. The molecule has 0 saturated heterocycles. The second kappa shape index (κ2) is 3.55. The number of aliphatic hydroxyl groups excluding tert-OH is 1. The summed E-state index contributed by atoms with van der Waals surface area (Å²) < 4.78 is 5.07. The highest BCUT2D eigenvalue weighted by Gasteiger charge is 2.11. The predicted molar refractivity (Wildman–Crippen MR) is 42.1 cm³/mol. The Balaban J connectivity index is 2.67. The Labute approximate surface area is 65.8 Å². The predicted octanol–water partition coefficient (Wildman–Crippen LogP) is 0.970. The topological polar surface area (TPSA) is 59.4 Å². The van der Waals surface area contributed by atoms with Crippen molar-refractivity contribution in [1.82, 2.24) is 0 Å². The maximum Gasteiger partial charge on any atom is 0.135 e. The zero-order valence-corrected chi connectivity index (χ0v) is 6.58. The molecule has 1 aromatic heterocycles. The average Bonchev–Trinajstić information content (AvgIpc) is 2.36. The summed E-state index contributed by atoms with van der Waals surface area (Å²) in [4.78, 5) is 0. The number of hydrogen-bond donors (Lipinski definition) is 2. The van der Waals surface area contributed by atoms with E-state index in [0.29, 0.717) is 18.7 Å². The smallest absolute Gasteiger partial charge is 0.135 e. The number of hydrogen-bond acceptors (Lipinski definition) is 3. The molecule has 0 fully saturated rings. The lowest BCUT2D eigenvalue weighted by Gasteiger charge is -2.05. The molecule has 1 rings (SSSR count). The van der Waals surface area contributed by atoms with Gasteiger partial charge in [0.15, 0.2) is 0 Å². The van der Waals surface area contributed by atoms with Crippen LogP contribution in [0.4, 0.5) is 0 Å². The van der Waals surface area contributed by atoms with Crippen LogP contribution in [0.3, 0.4) is 0 Å². The standard InChI is InChI=1S/C8H13NO2/c1-6-3-5-11-8(6)7(10)2-4-9/h3,5,7,10H,2,4,9H2,1H3/t7-/m0/s1. The van der Waals surface area contributed by atoms with Gasteiger partial charge in [0.25, 0.3) is 0 Å². The van der Waals surface area contributed by atoms with E-state index in [-0.39, 0.29) is 0 Å². The fraction of sp³-hybridized carbons (Fsp3) is 0.500. The van der Waals surface area contributed by atoms with Crippen LogP contribution in [0.1, 0.15) is 23.8 Å². The van der Waals surface area contributed by atoms with Gasteiger partial charge in [-0.05, 0) is 31.5 Å². The highest BCUT2D eigenvalue weighted by molar-refractivity contribution is 5.16. The van der Waals surface area contributed by atoms with E-state index in [9.17, 15) is 5.11 Å². The molecule has 0 radical (unpaired) electrons. The molecule has 3 nitrogen and oxygen atoms in total. The van der Waals surface area contributed by atoms with Crippen LogP contribution in [0.5, 0.6) is 0 Å². The number of aliphatic hydroxyl groups is 1. The number of rotatable bonds is 3. The van der Waals surface area contributed by atoms with Gasteiger partial charge in [0.2, 0.25) is 0 Å². The molecule has 0 spiro atoms. The zero-order valence-electron chi connectivity index (χ0n) is 6.58. The van der Waals surface area contributed by atoms with E-state index in [1.807, 2.05) is 13.0 Å². The summed E-state index contributed by atoms with van der Waals surface area (Å²) in [6.07, 6.45) is 1.58. The van der Waals surface area contributed by atoms with Crippen LogP contribution >= 0.6 is 0 Å². The lowest BCUT2D eigenvalue weighted by molar-refractivity contribution is 0.142. The van der Waals surface area contributed by atoms with Gasteiger partial charge >= 0.3 is 0 Å². The van der Waals surface area contributed by atoms with Gasteiger partial charge in [-0.3, -0.25) is 0 Å². The van der Waals surface area contributed by atoms with E-state index in [0.717, 1.165) is 5.56 Å². The molecule has 3 N–H and O–H groups in total. The molecule has 0 amide bonds. The van der Waals surface area contributed by atoms with Crippen LogP contribution in [0.15, 0.2) is 16.7 Å². The molecule has 0 aromatic carbocycles. The molecule has 0 aliphatic carbocycles. The largest absolute Gasteiger partial charge is 0.466 e. The molecule has 0 unspecified atom stereocenters. The number of nitrogens with two attached hydrogens (primary N) is 1. The van der Waals surface area contributed by atoms with Crippen molar-refractivity contribution >= 4 is 0 Å². The average molecular weight is 155 g/mol. The first-order valence-electron chi connectivity index (χ1n) is 3.68. The molecule has 0 aliphatic rings. The van der Waals surface area contributed by atoms with E-state index in [2.05, 4.69) is 0 Å². The molecule has 3 heteroatoms. The van der Waals surface area contributed by atoms with Crippen molar-refractivity contribution in [3.05, 3.63) is 23.7 Å². The zero-order chi connectivity index (χ0) is 8.27. The Kier molecular flexibility index (Phi) is 2.68. The molecule has 1 heterocycles. The van der Waals surface area contributed by atoms with E-state index >= 15 is 0 Å². The van der Waals surface area contributed by atoms with Gasteiger partial charge in [-0.15, -0.1) is 0 Å². The van der Waals surface area contributed by atoms with Crippen molar-refractivity contribution < 1.29 is 9.52 Å². The highest BCUT2D eigenvalue weighted by Crippen LogP contribution is 2.20. The van der Waals surface area contributed by atoms with Crippen LogP contribution < -0.4 is 5.73 Å². The molecule has 1 atom stereocenters. The Bertz CT molecular complexity index is 220. The number of aryl methyl sites for hydroxylation is 1. The summed E-state index contributed by atoms with van der Waals surface area (Å²) in [5, 5.41) is 9.42. The van der Waals surface area contributed by atoms with Crippen LogP contribution in [-0.4, -0.2) is 11.7 Å². The minimum atomic E-state index is -0.546. The van der Waals surface area contributed by atoms with Crippen molar-refractivity contribution in [2.75, 3.05) is 6.54 Å². The lowest BCUT2D eigenvalue weighted by atomic mass is 10.1. The van der Waals surface area contributed by atoms with E-state index in [4.69, 9.17) is 10.2 Å². The third-order valence-electron chi connectivity index (χ3n) is 1.64. The maximum atomic E-state index is 9.42. The van der Waals surface area contributed by atoms with Gasteiger partial charge in [-0.25, -0.2) is 0 Å². The summed E-state index contributed by atoms with van der Waals surface area (Å²) in [5.74, 6) is 0.635. The summed E-state index contributed by atoms with van der Waals surface area (Å²) in [6.45, 7) is 2.37. The Morgan fingerprint density at radius 3 is 2.91 bits per heavy atom. The number of furan rings is 1. The Hall–Kier alpha value is -0.800. The van der Waals surface area contributed by atoms with Crippen molar-refractivity contribution in [2.24, 2.45) is 5.73 Å². The van der Waals surface area contributed by atoms with Crippen LogP contribution in [0, 0.1) is 6.92 Å². The normalized spacial score (nSPS) is 13.4. The quantitative estimate of drug-likeness (QED) is 0.683. The molecule has 62 valence electrons. The SMILES string of the molecule is Cc1ccoc1[C@@H](O)CCN. The molecule has 1 aromatic rings. The van der Waals surface area contributed by atoms with Crippen molar-refractivity contribution in [3.63, 3.8) is 0 Å². The fourth-order valence-corrected chi connectivity index (χ4v) is 1.01. The summed E-state index contributed by atoms with van der Waals surface area (Å²) in [7, 11) is 0. The molecular weight excluding hydrogens is 142 g/mol. The van der Waals surface area contributed by atoms with Crippen molar-refractivity contribution in [1.29, 1.82) is 0 Å². The van der Waals surface area contributed by atoms with E-state index in [1.54, 1.807) is 6.26 Å². The van der Waals surface area contributed by atoms with Gasteiger partial charge in [-0.2, -0.15) is 0 Å². The van der Waals surface area contributed by atoms with Gasteiger partial charge in [0, 0.05) is 0 Å². The highest BCUT2D eigenvalue weighted by atomic mass is 16.4.